The summed E-state index contributed by atoms with van der Waals surface area (Å²) in [6, 6.07) is 0. The topological polar surface area (TPSA) is 46.5 Å². The molecular formula is C7H14O3S. The second-order valence-corrected chi connectivity index (χ2v) is 3.18. The number of thioether (sulfide) groups is 1. The van der Waals surface area contributed by atoms with E-state index in [1.54, 1.807) is 18.9 Å². The Hall–Kier alpha value is -0.220. The van der Waals surface area contributed by atoms with Gasteiger partial charge in [-0.25, -0.2) is 0 Å². The molecule has 0 saturated carbocycles. The summed E-state index contributed by atoms with van der Waals surface area (Å²) < 4.78 is 4.80. The molecule has 0 saturated heterocycles. The number of carboxylic acids is 1. The third kappa shape index (κ3) is 5.09. The Morgan fingerprint density at radius 3 is 2.73 bits per heavy atom. The highest BCUT2D eigenvalue weighted by Gasteiger charge is 2.15. The van der Waals surface area contributed by atoms with E-state index < -0.39 is 5.97 Å². The van der Waals surface area contributed by atoms with Crippen molar-refractivity contribution < 1.29 is 14.6 Å². The molecule has 0 radical (unpaired) electrons. The van der Waals surface area contributed by atoms with Crippen molar-refractivity contribution in [3.63, 3.8) is 0 Å². The number of rotatable bonds is 6. The summed E-state index contributed by atoms with van der Waals surface area (Å²) in [5.74, 6) is -0.319. The molecule has 0 aromatic rings. The molecule has 0 aromatic carbocycles. The summed E-state index contributed by atoms with van der Waals surface area (Å²) in [5, 5.41) is 8.66. The standard InChI is InChI=1S/C7H14O3S/c1-10-4-3-6(5-11-2)7(8)9/h6H,3-5H2,1-2H3,(H,8,9). The molecular weight excluding hydrogens is 164 g/mol. The van der Waals surface area contributed by atoms with Crippen LogP contribution in [0.1, 0.15) is 6.42 Å². The predicted molar refractivity (Wildman–Crippen MR) is 46.0 cm³/mol. The van der Waals surface area contributed by atoms with Gasteiger partial charge in [0.05, 0.1) is 5.92 Å². The quantitative estimate of drug-likeness (QED) is 0.661. The van der Waals surface area contributed by atoms with E-state index in [-0.39, 0.29) is 5.92 Å². The zero-order chi connectivity index (χ0) is 8.69. The van der Waals surface area contributed by atoms with E-state index >= 15 is 0 Å². The average molecular weight is 178 g/mol. The van der Waals surface area contributed by atoms with Crippen molar-refractivity contribution >= 4 is 17.7 Å². The summed E-state index contributed by atoms with van der Waals surface area (Å²) in [4.78, 5) is 10.5. The Bertz CT molecular complexity index is 116. The van der Waals surface area contributed by atoms with E-state index in [1.807, 2.05) is 6.26 Å². The summed E-state index contributed by atoms with van der Waals surface area (Å²) >= 11 is 1.55. The smallest absolute Gasteiger partial charge is 0.307 e. The first-order valence-electron chi connectivity index (χ1n) is 3.43. The molecule has 0 aliphatic carbocycles. The lowest BCUT2D eigenvalue weighted by molar-refractivity contribution is -0.141. The molecule has 0 fully saturated rings. The Morgan fingerprint density at radius 1 is 1.73 bits per heavy atom. The Labute approximate surface area is 71.1 Å². The van der Waals surface area contributed by atoms with Crippen LogP contribution >= 0.6 is 11.8 Å². The van der Waals surface area contributed by atoms with Gasteiger partial charge >= 0.3 is 5.97 Å². The number of methoxy groups -OCH3 is 1. The van der Waals surface area contributed by atoms with Gasteiger partial charge in [0.1, 0.15) is 0 Å². The van der Waals surface area contributed by atoms with Crippen LogP contribution in [0.3, 0.4) is 0 Å². The second kappa shape index (κ2) is 6.49. The number of hydrogen-bond donors (Lipinski definition) is 1. The first-order chi connectivity index (χ1) is 5.22. The van der Waals surface area contributed by atoms with E-state index in [0.29, 0.717) is 18.8 Å². The predicted octanol–water partition coefficient (Wildman–Crippen LogP) is 1.09. The number of aliphatic carboxylic acids is 1. The molecule has 0 aliphatic heterocycles. The monoisotopic (exact) mass is 178 g/mol. The minimum Gasteiger partial charge on any atom is -0.481 e. The zero-order valence-electron chi connectivity index (χ0n) is 6.87. The minimum absolute atomic E-state index is 0.259. The van der Waals surface area contributed by atoms with Gasteiger partial charge in [0.25, 0.3) is 0 Å². The van der Waals surface area contributed by atoms with Crippen LogP contribution in [0.5, 0.6) is 0 Å². The zero-order valence-corrected chi connectivity index (χ0v) is 7.69. The molecule has 66 valence electrons. The average Bonchev–Trinajstić information content (AvgIpc) is 1.97. The van der Waals surface area contributed by atoms with E-state index in [0.717, 1.165) is 0 Å². The van der Waals surface area contributed by atoms with Gasteiger partial charge in [-0.3, -0.25) is 4.79 Å². The highest BCUT2D eigenvalue weighted by atomic mass is 32.2. The van der Waals surface area contributed by atoms with Crippen molar-refractivity contribution in [1.82, 2.24) is 0 Å². The van der Waals surface area contributed by atoms with Crippen LogP contribution in [0.25, 0.3) is 0 Å². The molecule has 1 atom stereocenters. The van der Waals surface area contributed by atoms with Gasteiger partial charge in [0, 0.05) is 19.5 Å². The van der Waals surface area contributed by atoms with Crippen LogP contribution in [0.4, 0.5) is 0 Å². The van der Waals surface area contributed by atoms with Gasteiger partial charge in [-0.05, 0) is 12.7 Å². The first kappa shape index (κ1) is 10.8. The van der Waals surface area contributed by atoms with Crippen LogP contribution in [0, 0.1) is 5.92 Å². The van der Waals surface area contributed by atoms with E-state index in [9.17, 15) is 4.79 Å². The van der Waals surface area contributed by atoms with Crippen molar-refractivity contribution in [2.75, 3.05) is 25.7 Å². The van der Waals surface area contributed by atoms with Crippen LogP contribution in [-0.2, 0) is 9.53 Å². The van der Waals surface area contributed by atoms with Crippen molar-refractivity contribution in [2.24, 2.45) is 5.92 Å². The number of hydrogen-bond acceptors (Lipinski definition) is 3. The number of ether oxygens (including phenoxy) is 1. The van der Waals surface area contributed by atoms with E-state index in [2.05, 4.69) is 0 Å². The number of carboxylic acid groups (broad SMARTS) is 1. The Morgan fingerprint density at radius 2 is 2.36 bits per heavy atom. The molecule has 0 bridgehead atoms. The third-order valence-corrected chi connectivity index (χ3v) is 2.12. The van der Waals surface area contributed by atoms with Crippen molar-refractivity contribution in [2.45, 2.75) is 6.42 Å². The second-order valence-electron chi connectivity index (χ2n) is 2.27. The van der Waals surface area contributed by atoms with Crippen LogP contribution in [0.2, 0.25) is 0 Å². The summed E-state index contributed by atoms with van der Waals surface area (Å²) in [6.07, 6.45) is 2.51. The molecule has 0 heterocycles. The lowest BCUT2D eigenvalue weighted by Gasteiger charge is -2.08. The Kier molecular flexibility index (Phi) is 6.36. The van der Waals surface area contributed by atoms with E-state index in [1.165, 1.54) is 0 Å². The third-order valence-electron chi connectivity index (χ3n) is 1.39. The molecule has 4 heteroatoms. The molecule has 0 amide bonds. The lowest BCUT2D eigenvalue weighted by atomic mass is 10.1. The normalized spacial score (nSPS) is 12.9. The van der Waals surface area contributed by atoms with Gasteiger partial charge in [0.2, 0.25) is 0 Å². The van der Waals surface area contributed by atoms with Gasteiger partial charge in [-0.15, -0.1) is 0 Å². The van der Waals surface area contributed by atoms with Gasteiger partial charge in [-0.2, -0.15) is 11.8 Å². The molecule has 0 rings (SSSR count). The molecule has 11 heavy (non-hydrogen) atoms. The van der Waals surface area contributed by atoms with Gasteiger partial charge < -0.3 is 9.84 Å². The molecule has 1 unspecified atom stereocenters. The van der Waals surface area contributed by atoms with Gasteiger partial charge in [-0.1, -0.05) is 0 Å². The highest BCUT2D eigenvalue weighted by molar-refractivity contribution is 7.98. The maximum Gasteiger partial charge on any atom is 0.307 e. The molecule has 0 aromatic heterocycles. The fourth-order valence-electron chi connectivity index (χ4n) is 0.739. The van der Waals surface area contributed by atoms with Crippen molar-refractivity contribution in [3.8, 4) is 0 Å². The van der Waals surface area contributed by atoms with Crippen LogP contribution in [0.15, 0.2) is 0 Å². The largest absolute Gasteiger partial charge is 0.481 e. The summed E-state index contributed by atoms with van der Waals surface area (Å²) in [6.45, 7) is 0.525. The van der Waals surface area contributed by atoms with Crippen LogP contribution < -0.4 is 0 Å². The minimum atomic E-state index is -0.726. The highest BCUT2D eigenvalue weighted by Crippen LogP contribution is 2.09. The van der Waals surface area contributed by atoms with Crippen molar-refractivity contribution in [1.29, 1.82) is 0 Å². The molecule has 3 nitrogen and oxygen atoms in total. The fraction of sp³-hybridized carbons (Fsp3) is 0.857. The summed E-state index contributed by atoms with van der Waals surface area (Å²) in [5.41, 5.74) is 0. The first-order valence-corrected chi connectivity index (χ1v) is 4.82. The van der Waals surface area contributed by atoms with Crippen LogP contribution in [-0.4, -0.2) is 36.8 Å². The number of carbonyl (C=O) groups is 1. The molecule has 0 aliphatic rings. The molecule has 0 spiro atoms. The summed E-state index contributed by atoms with van der Waals surface area (Å²) in [7, 11) is 1.58. The maximum atomic E-state index is 10.5. The maximum absolute atomic E-state index is 10.5. The SMILES string of the molecule is COCCC(CSC)C(=O)O. The Balaban J connectivity index is 3.60. The van der Waals surface area contributed by atoms with Gasteiger partial charge in [0.15, 0.2) is 0 Å². The fourth-order valence-corrected chi connectivity index (χ4v) is 1.45. The molecule has 1 N–H and O–H groups in total. The van der Waals surface area contributed by atoms with E-state index in [4.69, 9.17) is 9.84 Å². The van der Waals surface area contributed by atoms with Crippen molar-refractivity contribution in [3.05, 3.63) is 0 Å². The lowest BCUT2D eigenvalue weighted by Crippen LogP contribution is -2.17.